The quantitative estimate of drug-likeness (QED) is 0.564. The van der Waals surface area contributed by atoms with Crippen molar-refractivity contribution in [3.63, 3.8) is 0 Å². The first-order valence-corrected chi connectivity index (χ1v) is 7.98. The minimum Gasteiger partial charge on any atom is -0.374 e. The van der Waals surface area contributed by atoms with Gasteiger partial charge in [-0.15, -0.1) is 0 Å². The Morgan fingerprint density at radius 1 is 1.21 bits per heavy atom. The highest BCUT2D eigenvalue weighted by atomic mass is 16.5. The van der Waals surface area contributed by atoms with Crippen LogP contribution in [0, 0.1) is 0 Å². The first-order valence-electron chi connectivity index (χ1n) is 7.98. The highest BCUT2D eigenvalue weighted by Gasteiger charge is 2.15. The standard InChI is InChI=1S/C16H19N7O/c1-2-4-11(5-3-1)21-15-13-14(20-10-19-13)22-16(23-15)18-9-12-8-17-6-7-24-12/h1-5,10,12,17H,6-9H2,(H3,18,19,20,21,22,23). The topological polar surface area (TPSA) is 99.8 Å². The number of aromatic amines is 1. The highest BCUT2D eigenvalue weighted by molar-refractivity contribution is 5.85. The maximum Gasteiger partial charge on any atom is 0.226 e. The number of H-pyrrole nitrogens is 1. The van der Waals surface area contributed by atoms with Gasteiger partial charge in [0.15, 0.2) is 11.5 Å². The Labute approximate surface area is 139 Å². The molecule has 1 saturated heterocycles. The van der Waals surface area contributed by atoms with Crippen LogP contribution in [0.25, 0.3) is 11.2 Å². The third kappa shape index (κ3) is 3.29. The number of anilines is 3. The molecule has 8 heteroatoms. The molecule has 124 valence electrons. The molecule has 0 saturated carbocycles. The molecule has 0 aliphatic carbocycles. The Balaban J connectivity index is 1.55. The molecule has 4 N–H and O–H groups in total. The number of nitrogens with one attached hydrogen (secondary N) is 4. The third-order valence-corrected chi connectivity index (χ3v) is 3.81. The number of ether oxygens (including phenoxy) is 1. The molecule has 3 heterocycles. The molecule has 1 fully saturated rings. The molecule has 0 spiro atoms. The molecule has 24 heavy (non-hydrogen) atoms. The SMILES string of the molecule is c1ccc(Nc2nc(NCC3CNCCO3)nc3nc[nH]c23)cc1. The van der Waals surface area contributed by atoms with Gasteiger partial charge in [0.25, 0.3) is 0 Å². The fourth-order valence-electron chi connectivity index (χ4n) is 2.62. The van der Waals surface area contributed by atoms with Crippen LogP contribution < -0.4 is 16.0 Å². The smallest absolute Gasteiger partial charge is 0.226 e. The number of benzene rings is 1. The molecule has 0 bridgehead atoms. The van der Waals surface area contributed by atoms with Gasteiger partial charge >= 0.3 is 0 Å². The number of imidazole rings is 1. The van der Waals surface area contributed by atoms with Gasteiger partial charge in [-0.25, -0.2) is 4.98 Å². The van der Waals surface area contributed by atoms with Crippen LogP contribution in [0.1, 0.15) is 0 Å². The van der Waals surface area contributed by atoms with Gasteiger partial charge in [0.1, 0.15) is 5.52 Å². The van der Waals surface area contributed by atoms with Gasteiger partial charge in [-0.1, -0.05) is 18.2 Å². The van der Waals surface area contributed by atoms with E-state index in [9.17, 15) is 0 Å². The number of hydrogen-bond donors (Lipinski definition) is 4. The molecular formula is C16H19N7O. The summed E-state index contributed by atoms with van der Waals surface area (Å²) in [5.74, 6) is 1.22. The van der Waals surface area contributed by atoms with E-state index < -0.39 is 0 Å². The van der Waals surface area contributed by atoms with E-state index >= 15 is 0 Å². The summed E-state index contributed by atoms with van der Waals surface area (Å²) in [6.45, 7) is 3.10. The Morgan fingerprint density at radius 2 is 2.12 bits per heavy atom. The van der Waals surface area contributed by atoms with Crippen LogP contribution >= 0.6 is 0 Å². The molecule has 1 atom stereocenters. The summed E-state index contributed by atoms with van der Waals surface area (Å²) in [6.07, 6.45) is 1.73. The Hall–Kier alpha value is -2.71. The summed E-state index contributed by atoms with van der Waals surface area (Å²) in [6, 6.07) is 9.89. The summed E-state index contributed by atoms with van der Waals surface area (Å²) in [7, 11) is 0. The van der Waals surface area contributed by atoms with Crippen LogP contribution in [0.4, 0.5) is 17.5 Å². The van der Waals surface area contributed by atoms with Crippen LogP contribution in [0.5, 0.6) is 0 Å². The molecule has 1 aliphatic heterocycles. The highest BCUT2D eigenvalue weighted by Crippen LogP contribution is 2.22. The Kier molecular flexibility index (Phi) is 4.22. The zero-order chi connectivity index (χ0) is 16.2. The van der Waals surface area contributed by atoms with E-state index in [1.165, 1.54) is 0 Å². The zero-order valence-corrected chi connectivity index (χ0v) is 13.1. The fourth-order valence-corrected chi connectivity index (χ4v) is 2.62. The Morgan fingerprint density at radius 3 is 2.96 bits per heavy atom. The maximum atomic E-state index is 5.68. The van der Waals surface area contributed by atoms with Gasteiger partial charge in [-0.05, 0) is 12.1 Å². The molecule has 1 aromatic carbocycles. The third-order valence-electron chi connectivity index (χ3n) is 3.81. The van der Waals surface area contributed by atoms with Crippen molar-refractivity contribution in [1.29, 1.82) is 0 Å². The first kappa shape index (κ1) is 14.9. The van der Waals surface area contributed by atoms with Gasteiger partial charge < -0.3 is 25.7 Å². The summed E-state index contributed by atoms with van der Waals surface area (Å²) in [5, 5.41) is 9.85. The molecule has 1 unspecified atom stereocenters. The molecular weight excluding hydrogens is 306 g/mol. The number of fused-ring (bicyclic) bond motifs is 1. The van der Waals surface area contributed by atoms with Crippen molar-refractivity contribution in [1.82, 2.24) is 25.3 Å². The van der Waals surface area contributed by atoms with Crippen LogP contribution in [0.15, 0.2) is 36.7 Å². The van der Waals surface area contributed by atoms with E-state index in [0.29, 0.717) is 24.0 Å². The van der Waals surface area contributed by atoms with Gasteiger partial charge in [0.2, 0.25) is 5.95 Å². The molecule has 0 radical (unpaired) electrons. The zero-order valence-electron chi connectivity index (χ0n) is 13.1. The van der Waals surface area contributed by atoms with Crippen molar-refractivity contribution in [3.8, 4) is 0 Å². The predicted octanol–water partition coefficient (Wildman–Crippen LogP) is 1.50. The lowest BCUT2D eigenvalue weighted by molar-refractivity contribution is 0.0371. The number of hydrogen-bond acceptors (Lipinski definition) is 7. The minimum atomic E-state index is 0.114. The van der Waals surface area contributed by atoms with E-state index in [1.807, 2.05) is 30.3 Å². The number of morpholine rings is 1. The van der Waals surface area contributed by atoms with Gasteiger partial charge in [-0.3, -0.25) is 0 Å². The van der Waals surface area contributed by atoms with Crippen LogP contribution in [0.3, 0.4) is 0 Å². The first-order chi connectivity index (χ1) is 11.9. The van der Waals surface area contributed by atoms with Crippen molar-refractivity contribution in [2.45, 2.75) is 6.10 Å². The molecule has 1 aliphatic rings. The minimum absolute atomic E-state index is 0.114. The number of aromatic nitrogens is 4. The predicted molar refractivity (Wildman–Crippen MR) is 92.5 cm³/mol. The van der Waals surface area contributed by atoms with Crippen LogP contribution in [-0.4, -0.2) is 52.3 Å². The number of rotatable bonds is 5. The van der Waals surface area contributed by atoms with Gasteiger partial charge in [-0.2, -0.15) is 9.97 Å². The van der Waals surface area contributed by atoms with Crippen molar-refractivity contribution in [2.24, 2.45) is 0 Å². The molecule has 4 rings (SSSR count). The van der Waals surface area contributed by atoms with E-state index in [4.69, 9.17) is 4.74 Å². The fraction of sp³-hybridized carbons (Fsp3) is 0.312. The second kappa shape index (κ2) is 6.81. The van der Waals surface area contributed by atoms with E-state index in [-0.39, 0.29) is 6.10 Å². The summed E-state index contributed by atoms with van der Waals surface area (Å²) < 4.78 is 5.68. The van der Waals surface area contributed by atoms with Crippen LogP contribution in [0.2, 0.25) is 0 Å². The molecule has 3 aromatic rings. The summed E-state index contributed by atoms with van der Waals surface area (Å²) in [4.78, 5) is 16.3. The Bertz CT molecular complexity index is 799. The van der Waals surface area contributed by atoms with Gasteiger partial charge in [0, 0.05) is 25.3 Å². The monoisotopic (exact) mass is 325 g/mol. The number of para-hydroxylation sites is 1. The van der Waals surface area contributed by atoms with Crippen molar-refractivity contribution >= 4 is 28.6 Å². The van der Waals surface area contributed by atoms with E-state index in [2.05, 4.69) is 35.9 Å². The van der Waals surface area contributed by atoms with Gasteiger partial charge in [0.05, 0.1) is 19.0 Å². The van der Waals surface area contributed by atoms with E-state index in [0.717, 1.165) is 30.9 Å². The average Bonchev–Trinajstić information content (AvgIpc) is 3.11. The van der Waals surface area contributed by atoms with E-state index in [1.54, 1.807) is 6.33 Å². The van der Waals surface area contributed by atoms with Crippen LogP contribution in [-0.2, 0) is 4.74 Å². The normalized spacial score (nSPS) is 17.8. The lowest BCUT2D eigenvalue weighted by atomic mass is 10.3. The number of nitrogens with zero attached hydrogens (tertiary/aromatic N) is 3. The summed E-state index contributed by atoms with van der Waals surface area (Å²) >= 11 is 0. The molecule has 0 amide bonds. The second-order valence-corrected chi connectivity index (χ2v) is 5.57. The second-order valence-electron chi connectivity index (χ2n) is 5.57. The molecule has 8 nitrogen and oxygen atoms in total. The largest absolute Gasteiger partial charge is 0.374 e. The lowest BCUT2D eigenvalue weighted by Crippen LogP contribution is -2.42. The molecule has 2 aromatic heterocycles. The summed E-state index contributed by atoms with van der Waals surface area (Å²) in [5.41, 5.74) is 2.35. The maximum absolute atomic E-state index is 5.68. The van der Waals surface area contributed by atoms with Crippen molar-refractivity contribution < 1.29 is 4.74 Å². The average molecular weight is 325 g/mol. The van der Waals surface area contributed by atoms with Crippen molar-refractivity contribution in [3.05, 3.63) is 36.7 Å². The van der Waals surface area contributed by atoms with Crippen molar-refractivity contribution in [2.75, 3.05) is 36.9 Å². The lowest BCUT2D eigenvalue weighted by Gasteiger charge is -2.23.